The molecule has 2 aliphatic heterocycles. The van der Waals surface area contributed by atoms with Crippen molar-refractivity contribution in [2.75, 3.05) is 75.3 Å². The molecule has 1 aromatic carbocycles. The SMILES string of the molecule is O=C(c1cccc(OC(F)(F)F)c1)N1CCN(c2ccc(N3CCN(CCO)CC3)nn2)CC1. The quantitative estimate of drug-likeness (QED) is 0.665. The molecule has 0 spiro atoms. The van der Waals surface area contributed by atoms with E-state index in [1.165, 1.54) is 18.2 Å². The van der Waals surface area contributed by atoms with Gasteiger partial charge >= 0.3 is 6.36 Å². The summed E-state index contributed by atoms with van der Waals surface area (Å²) in [4.78, 5) is 20.8. The summed E-state index contributed by atoms with van der Waals surface area (Å²) in [5, 5.41) is 17.8. The van der Waals surface area contributed by atoms with Gasteiger partial charge < -0.3 is 24.5 Å². The predicted molar refractivity (Wildman–Crippen MR) is 119 cm³/mol. The van der Waals surface area contributed by atoms with Gasteiger partial charge in [-0.15, -0.1) is 23.4 Å². The molecule has 0 radical (unpaired) electrons. The van der Waals surface area contributed by atoms with E-state index in [1.54, 1.807) is 4.90 Å². The molecule has 2 fully saturated rings. The lowest BCUT2D eigenvalue weighted by Gasteiger charge is -2.36. The van der Waals surface area contributed by atoms with Crippen LogP contribution in [0.3, 0.4) is 0 Å². The van der Waals surface area contributed by atoms with Crippen molar-refractivity contribution in [2.45, 2.75) is 6.36 Å². The molecule has 0 unspecified atom stereocenters. The number of carbonyl (C=O) groups excluding carboxylic acids is 1. The number of piperazine rings is 2. The molecule has 0 saturated carbocycles. The first kappa shape index (κ1) is 24.0. The fourth-order valence-corrected chi connectivity index (χ4v) is 4.14. The number of rotatable bonds is 6. The van der Waals surface area contributed by atoms with Gasteiger partial charge in [-0.3, -0.25) is 9.69 Å². The van der Waals surface area contributed by atoms with Crippen molar-refractivity contribution in [3.8, 4) is 5.75 Å². The van der Waals surface area contributed by atoms with Crippen LogP contribution >= 0.6 is 0 Å². The van der Waals surface area contributed by atoms with Gasteiger partial charge in [-0.1, -0.05) is 6.07 Å². The summed E-state index contributed by atoms with van der Waals surface area (Å²) in [6, 6.07) is 8.97. The van der Waals surface area contributed by atoms with E-state index in [4.69, 9.17) is 5.11 Å². The molecule has 1 aromatic heterocycles. The van der Waals surface area contributed by atoms with E-state index < -0.39 is 12.1 Å². The summed E-state index contributed by atoms with van der Waals surface area (Å²) < 4.78 is 41.3. The van der Waals surface area contributed by atoms with Gasteiger partial charge in [-0.25, -0.2) is 0 Å². The van der Waals surface area contributed by atoms with E-state index in [0.29, 0.717) is 32.7 Å². The number of anilines is 2. The van der Waals surface area contributed by atoms with Gasteiger partial charge in [0.2, 0.25) is 0 Å². The highest BCUT2D eigenvalue weighted by atomic mass is 19.4. The van der Waals surface area contributed by atoms with Crippen molar-refractivity contribution < 1.29 is 27.8 Å². The second-order valence-corrected chi connectivity index (χ2v) is 8.16. The maximum atomic E-state index is 12.8. The van der Waals surface area contributed by atoms with Crippen LogP contribution in [0.15, 0.2) is 36.4 Å². The molecule has 0 atom stereocenters. The number of aliphatic hydroxyl groups excluding tert-OH is 1. The third kappa shape index (κ3) is 6.06. The van der Waals surface area contributed by atoms with Crippen LogP contribution in [0.25, 0.3) is 0 Å². The number of nitrogens with zero attached hydrogens (tertiary/aromatic N) is 6. The molecule has 2 aromatic rings. The van der Waals surface area contributed by atoms with E-state index in [2.05, 4.69) is 24.7 Å². The van der Waals surface area contributed by atoms with Crippen molar-refractivity contribution in [3.05, 3.63) is 42.0 Å². The minimum atomic E-state index is -4.81. The summed E-state index contributed by atoms with van der Waals surface area (Å²) >= 11 is 0. The molecule has 3 heterocycles. The fourth-order valence-electron chi connectivity index (χ4n) is 4.14. The van der Waals surface area contributed by atoms with Crippen LogP contribution in [0.4, 0.5) is 24.8 Å². The van der Waals surface area contributed by atoms with Gasteiger partial charge in [0.15, 0.2) is 11.6 Å². The highest BCUT2D eigenvalue weighted by molar-refractivity contribution is 5.94. The summed E-state index contributed by atoms with van der Waals surface area (Å²) in [6.45, 7) is 6.13. The normalized spacial score (nSPS) is 17.7. The third-order valence-electron chi connectivity index (χ3n) is 5.95. The number of ether oxygens (including phenoxy) is 1. The Morgan fingerprint density at radius 1 is 0.912 bits per heavy atom. The lowest BCUT2D eigenvalue weighted by Crippen LogP contribution is -2.49. The Bertz CT molecular complexity index is 959. The molecular weight excluding hydrogens is 453 g/mol. The number of alkyl halides is 3. The first-order valence-corrected chi connectivity index (χ1v) is 11.1. The van der Waals surface area contributed by atoms with Crippen LogP contribution in [0, 0.1) is 0 Å². The Morgan fingerprint density at radius 3 is 2.03 bits per heavy atom. The first-order chi connectivity index (χ1) is 16.3. The van der Waals surface area contributed by atoms with E-state index in [0.717, 1.165) is 43.9 Å². The molecule has 2 aliphatic rings. The zero-order chi connectivity index (χ0) is 24.1. The van der Waals surface area contributed by atoms with Gasteiger partial charge in [0, 0.05) is 64.5 Å². The predicted octanol–water partition coefficient (Wildman–Crippen LogP) is 1.45. The smallest absolute Gasteiger partial charge is 0.406 e. The number of benzene rings is 1. The Kier molecular flexibility index (Phi) is 7.37. The minimum Gasteiger partial charge on any atom is -0.406 e. The monoisotopic (exact) mass is 480 g/mol. The summed E-state index contributed by atoms with van der Waals surface area (Å²) in [5.41, 5.74) is 0.151. The van der Waals surface area contributed by atoms with Crippen LogP contribution in [-0.4, -0.2) is 103 Å². The number of hydrogen-bond acceptors (Lipinski definition) is 8. The van der Waals surface area contributed by atoms with E-state index in [9.17, 15) is 18.0 Å². The van der Waals surface area contributed by atoms with Gasteiger partial charge in [-0.05, 0) is 30.3 Å². The molecule has 184 valence electrons. The largest absolute Gasteiger partial charge is 0.573 e. The number of hydrogen-bond donors (Lipinski definition) is 1. The summed E-state index contributed by atoms with van der Waals surface area (Å²) in [5.74, 6) is 0.772. The van der Waals surface area contributed by atoms with Crippen LogP contribution in [0.5, 0.6) is 5.75 Å². The number of amides is 1. The van der Waals surface area contributed by atoms with Crippen molar-refractivity contribution in [2.24, 2.45) is 0 Å². The number of carbonyl (C=O) groups is 1. The van der Waals surface area contributed by atoms with E-state index in [-0.39, 0.29) is 18.1 Å². The Balaban J connectivity index is 1.30. The Labute approximate surface area is 195 Å². The number of aliphatic hydroxyl groups is 1. The van der Waals surface area contributed by atoms with Crippen molar-refractivity contribution in [3.63, 3.8) is 0 Å². The summed E-state index contributed by atoms with van der Waals surface area (Å²) in [7, 11) is 0. The highest BCUT2D eigenvalue weighted by Crippen LogP contribution is 2.24. The highest BCUT2D eigenvalue weighted by Gasteiger charge is 2.31. The standard InChI is InChI=1S/C22H27F3N6O3/c23-22(24,25)34-18-3-1-2-17(16-18)21(33)31-12-10-30(11-13-31)20-5-4-19(26-27-20)29-8-6-28(7-9-29)14-15-32/h1-5,16,32H,6-15H2. The van der Waals surface area contributed by atoms with Crippen LogP contribution < -0.4 is 14.5 Å². The molecule has 0 bridgehead atoms. The van der Waals surface area contributed by atoms with Gasteiger partial charge in [0.25, 0.3) is 5.91 Å². The molecular formula is C22H27F3N6O3. The second kappa shape index (κ2) is 10.4. The molecule has 1 amide bonds. The van der Waals surface area contributed by atoms with Gasteiger partial charge in [-0.2, -0.15) is 0 Å². The minimum absolute atomic E-state index is 0.151. The van der Waals surface area contributed by atoms with Crippen molar-refractivity contribution in [1.82, 2.24) is 20.0 Å². The van der Waals surface area contributed by atoms with E-state index in [1.807, 2.05) is 17.0 Å². The first-order valence-electron chi connectivity index (χ1n) is 11.1. The lowest BCUT2D eigenvalue weighted by molar-refractivity contribution is -0.274. The lowest BCUT2D eigenvalue weighted by atomic mass is 10.1. The third-order valence-corrected chi connectivity index (χ3v) is 5.95. The zero-order valence-electron chi connectivity index (χ0n) is 18.6. The average molecular weight is 480 g/mol. The maximum Gasteiger partial charge on any atom is 0.573 e. The number of β-amino-alcohol motifs (C(OH)–C–C–N with tert-alkyl or cyclic N) is 1. The van der Waals surface area contributed by atoms with Crippen molar-refractivity contribution in [1.29, 1.82) is 0 Å². The van der Waals surface area contributed by atoms with Gasteiger partial charge in [0.05, 0.1) is 6.61 Å². The number of halogens is 3. The molecule has 9 nitrogen and oxygen atoms in total. The van der Waals surface area contributed by atoms with Crippen LogP contribution in [-0.2, 0) is 0 Å². The fraction of sp³-hybridized carbons (Fsp3) is 0.500. The Hall–Kier alpha value is -3.12. The van der Waals surface area contributed by atoms with Crippen LogP contribution in [0.2, 0.25) is 0 Å². The van der Waals surface area contributed by atoms with Crippen LogP contribution in [0.1, 0.15) is 10.4 Å². The van der Waals surface area contributed by atoms with E-state index >= 15 is 0 Å². The summed E-state index contributed by atoms with van der Waals surface area (Å²) in [6.07, 6.45) is -4.81. The second-order valence-electron chi connectivity index (χ2n) is 8.16. The van der Waals surface area contributed by atoms with Gasteiger partial charge in [0.1, 0.15) is 5.75 Å². The molecule has 1 N–H and O–H groups in total. The average Bonchev–Trinajstić information content (AvgIpc) is 2.84. The molecule has 0 aliphatic carbocycles. The zero-order valence-corrected chi connectivity index (χ0v) is 18.6. The van der Waals surface area contributed by atoms with Crippen molar-refractivity contribution >= 4 is 17.5 Å². The molecule has 12 heteroatoms. The molecule has 2 saturated heterocycles. The maximum absolute atomic E-state index is 12.8. The Morgan fingerprint density at radius 2 is 1.50 bits per heavy atom. The molecule has 34 heavy (non-hydrogen) atoms. The molecule has 4 rings (SSSR count). The number of aromatic nitrogens is 2. The topological polar surface area (TPSA) is 85.3 Å².